The standard InChI is InChI=1S/C15H25NO4/c1-2-20-12-7-11(8-12)9-13(17)16-10-15(14(18)19)5-3-4-6-15/h11-12H,2-10H2,1H3,(H,16,17)(H,18,19). The molecule has 0 heterocycles. The van der Waals surface area contributed by atoms with Gasteiger partial charge in [-0.1, -0.05) is 12.8 Å². The summed E-state index contributed by atoms with van der Waals surface area (Å²) in [7, 11) is 0. The highest BCUT2D eigenvalue weighted by atomic mass is 16.5. The van der Waals surface area contributed by atoms with E-state index in [-0.39, 0.29) is 12.5 Å². The lowest BCUT2D eigenvalue weighted by molar-refractivity contribution is -0.148. The molecule has 20 heavy (non-hydrogen) atoms. The van der Waals surface area contributed by atoms with Crippen LogP contribution in [0.4, 0.5) is 0 Å². The van der Waals surface area contributed by atoms with Gasteiger partial charge in [-0.25, -0.2) is 0 Å². The van der Waals surface area contributed by atoms with Crippen molar-refractivity contribution in [3.05, 3.63) is 0 Å². The molecule has 0 radical (unpaired) electrons. The van der Waals surface area contributed by atoms with E-state index < -0.39 is 11.4 Å². The van der Waals surface area contributed by atoms with E-state index in [4.69, 9.17) is 4.74 Å². The van der Waals surface area contributed by atoms with Gasteiger partial charge >= 0.3 is 5.97 Å². The van der Waals surface area contributed by atoms with Gasteiger partial charge < -0.3 is 15.2 Å². The van der Waals surface area contributed by atoms with Crippen LogP contribution in [0.25, 0.3) is 0 Å². The minimum absolute atomic E-state index is 0.0162. The second kappa shape index (κ2) is 6.57. The number of amides is 1. The van der Waals surface area contributed by atoms with Gasteiger partial charge in [0.2, 0.25) is 5.91 Å². The molecule has 1 amide bonds. The summed E-state index contributed by atoms with van der Waals surface area (Å²) in [6.07, 6.45) is 5.96. The van der Waals surface area contributed by atoms with Gasteiger partial charge in [0.05, 0.1) is 11.5 Å². The molecule has 0 unspecified atom stereocenters. The Morgan fingerprint density at radius 2 is 1.95 bits per heavy atom. The molecule has 2 saturated carbocycles. The van der Waals surface area contributed by atoms with Crippen molar-refractivity contribution in [1.29, 1.82) is 0 Å². The van der Waals surface area contributed by atoms with Gasteiger partial charge in [-0.2, -0.15) is 0 Å². The molecular weight excluding hydrogens is 258 g/mol. The molecule has 0 saturated heterocycles. The normalized spacial score (nSPS) is 27.9. The van der Waals surface area contributed by atoms with Crippen molar-refractivity contribution >= 4 is 11.9 Å². The molecule has 2 N–H and O–H groups in total. The topological polar surface area (TPSA) is 75.6 Å². The molecule has 0 aromatic heterocycles. The van der Waals surface area contributed by atoms with Gasteiger partial charge in [-0.05, 0) is 38.5 Å². The Hall–Kier alpha value is -1.10. The summed E-state index contributed by atoms with van der Waals surface area (Å²) in [5, 5.41) is 12.2. The summed E-state index contributed by atoms with van der Waals surface area (Å²) in [4.78, 5) is 23.3. The largest absolute Gasteiger partial charge is 0.481 e. The van der Waals surface area contributed by atoms with Gasteiger partial charge in [0.1, 0.15) is 0 Å². The third kappa shape index (κ3) is 3.51. The minimum Gasteiger partial charge on any atom is -0.481 e. The van der Waals surface area contributed by atoms with Crippen LogP contribution in [-0.4, -0.2) is 36.2 Å². The van der Waals surface area contributed by atoms with Crippen molar-refractivity contribution in [1.82, 2.24) is 5.32 Å². The van der Waals surface area contributed by atoms with E-state index in [9.17, 15) is 14.7 Å². The SMILES string of the molecule is CCOC1CC(CC(=O)NCC2(C(=O)O)CCCC2)C1. The molecule has 2 aliphatic rings. The van der Waals surface area contributed by atoms with Crippen LogP contribution in [0.2, 0.25) is 0 Å². The van der Waals surface area contributed by atoms with Gasteiger partial charge in [-0.15, -0.1) is 0 Å². The van der Waals surface area contributed by atoms with Crippen LogP contribution in [0.5, 0.6) is 0 Å². The molecule has 0 aliphatic heterocycles. The summed E-state index contributed by atoms with van der Waals surface area (Å²) >= 11 is 0. The second-order valence-electron chi connectivity index (χ2n) is 6.19. The number of ether oxygens (including phenoxy) is 1. The van der Waals surface area contributed by atoms with Crippen LogP contribution in [0, 0.1) is 11.3 Å². The molecule has 0 atom stereocenters. The average molecular weight is 283 g/mol. The van der Waals surface area contributed by atoms with E-state index in [1.807, 2.05) is 6.92 Å². The van der Waals surface area contributed by atoms with E-state index in [2.05, 4.69) is 5.32 Å². The molecule has 2 aliphatic carbocycles. The summed E-state index contributed by atoms with van der Waals surface area (Å²) in [5.41, 5.74) is -0.719. The van der Waals surface area contributed by atoms with E-state index in [1.165, 1.54) is 0 Å². The third-order valence-corrected chi connectivity index (χ3v) is 4.71. The van der Waals surface area contributed by atoms with Crippen LogP contribution in [0.15, 0.2) is 0 Å². The number of carbonyl (C=O) groups is 2. The lowest BCUT2D eigenvalue weighted by atomic mass is 9.79. The second-order valence-corrected chi connectivity index (χ2v) is 6.19. The van der Waals surface area contributed by atoms with Crippen LogP contribution < -0.4 is 5.32 Å². The number of hydrogen-bond donors (Lipinski definition) is 2. The Morgan fingerprint density at radius 3 is 2.50 bits per heavy atom. The van der Waals surface area contributed by atoms with Crippen molar-refractivity contribution in [2.45, 2.75) is 58.0 Å². The molecule has 5 nitrogen and oxygen atoms in total. The molecule has 0 aromatic carbocycles. The monoisotopic (exact) mass is 283 g/mol. The van der Waals surface area contributed by atoms with Crippen molar-refractivity contribution in [2.75, 3.05) is 13.2 Å². The fraction of sp³-hybridized carbons (Fsp3) is 0.867. The Morgan fingerprint density at radius 1 is 1.30 bits per heavy atom. The molecule has 2 rings (SSSR count). The summed E-state index contributed by atoms with van der Waals surface area (Å²) in [5.74, 6) is -0.385. The highest BCUT2D eigenvalue weighted by Gasteiger charge is 2.41. The first-order valence-corrected chi connectivity index (χ1v) is 7.67. The zero-order chi connectivity index (χ0) is 14.6. The molecule has 0 bridgehead atoms. The zero-order valence-electron chi connectivity index (χ0n) is 12.2. The first kappa shape index (κ1) is 15.3. The van der Waals surface area contributed by atoms with Crippen molar-refractivity contribution in [3.63, 3.8) is 0 Å². The summed E-state index contributed by atoms with van der Waals surface area (Å²) < 4.78 is 5.47. The van der Waals surface area contributed by atoms with E-state index in [0.717, 1.165) is 32.3 Å². The zero-order valence-corrected chi connectivity index (χ0v) is 12.2. The molecule has 5 heteroatoms. The molecule has 0 aromatic rings. The predicted molar refractivity (Wildman–Crippen MR) is 74.3 cm³/mol. The molecular formula is C15H25NO4. The smallest absolute Gasteiger partial charge is 0.311 e. The Bertz CT molecular complexity index is 357. The fourth-order valence-corrected chi connectivity index (χ4v) is 3.33. The molecule has 114 valence electrons. The maximum absolute atomic E-state index is 11.9. The van der Waals surface area contributed by atoms with Crippen LogP contribution in [0.1, 0.15) is 51.9 Å². The van der Waals surface area contributed by atoms with E-state index in [0.29, 0.717) is 31.3 Å². The third-order valence-electron chi connectivity index (χ3n) is 4.71. The Labute approximate surface area is 120 Å². The van der Waals surface area contributed by atoms with Gasteiger partial charge in [-0.3, -0.25) is 9.59 Å². The number of carbonyl (C=O) groups excluding carboxylic acids is 1. The number of carboxylic acid groups (broad SMARTS) is 1. The number of carboxylic acids is 1. The summed E-state index contributed by atoms with van der Waals surface area (Å²) in [6.45, 7) is 2.99. The highest BCUT2D eigenvalue weighted by Crippen LogP contribution is 2.38. The predicted octanol–water partition coefficient (Wildman–Crippen LogP) is 1.95. The number of rotatable bonds is 7. The van der Waals surface area contributed by atoms with Crippen LogP contribution in [-0.2, 0) is 14.3 Å². The molecule has 2 fully saturated rings. The maximum Gasteiger partial charge on any atom is 0.311 e. The van der Waals surface area contributed by atoms with Crippen molar-refractivity contribution in [2.24, 2.45) is 11.3 Å². The lowest BCUT2D eigenvalue weighted by Crippen LogP contribution is -2.42. The summed E-state index contributed by atoms with van der Waals surface area (Å²) in [6, 6.07) is 0. The van der Waals surface area contributed by atoms with Gasteiger partial charge in [0.15, 0.2) is 0 Å². The Kier molecular flexibility index (Phi) is 5.02. The number of nitrogens with one attached hydrogen (secondary N) is 1. The van der Waals surface area contributed by atoms with Crippen molar-refractivity contribution < 1.29 is 19.4 Å². The van der Waals surface area contributed by atoms with E-state index in [1.54, 1.807) is 0 Å². The average Bonchev–Trinajstić information content (AvgIpc) is 2.84. The van der Waals surface area contributed by atoms with Crippen LogP contribution >= 0.6 is 0 Å². The van der Waals surface area contributed by atoms with Crippen molar-refractivity contribution in [3.8, 4) is 0 Å². The first-order chi connectivity index (χ1) is 9.55. The first-order valence-electron chi connectivity index (χ1n) is 7.67. The maximum atomic E-state index is 11.9. The quantitative estimate of drug-likeness (QED) is 0.749. The highest BCUT2D eigenvalue weighted by molar-refractivity contribution is 5.79. The fourth-order valence-electron chi connectivity index (χ4n) is 3.33. The number of aliphatic carboxylic acids is 1. The molecule has 0 spiro atoms. The van der Waals surface area contributed by atoms with Gasteiger partial charge in [0, 0.05) is 19.6 Å². The van der Waals surface area contributed by atoms with Crippen LogP contribution in [0.3, 0.4) is 0 Å². The van der Waals surface area contributed by atoms with Gasteiger partial charge in [0.25, 0.3) is 0 Å². The number of hydrogen-bond acceptors (Lipinski definition) is 3. The van der Waals surface area contributed by atoms with E-state index >= 15 is 0 Å². The lowest BCUT2D eigenvalue weighted by Gasteiger charge is -2.34. The minimum atomic E-state index is -0.768. The Balaban J connectivity index is 1.69.